The van der Waals surface area contributed by atoms with E-state index in [1.54, 1.807) is 12.1 Å². The van der Waals surface area contributed by atoms with Gasteiger partial charge in [0.25, 0.3) is 5.69 Å². The first-order valence-electron chi connectivity index (χ1n) is 7.45. The highest BCUT2D eigenvalue weighted by molar-refractivity contribution is 5.46. The van der Waals surface area contributed by atoms with Gasteiger partial charge in [-0.1, -0.05) is 12.1 Å². The van der Waals surface area contributed by atoms with Crippen molar-refractivity contribution < 1.29 is 9.66 Å². The Morgan fingerprint density at radius 3 is 2.26 bits per heavy atom. The Morgan fingerprint density at radius 2 is 1.70 bits per heavy atom. The normalized spacial score (nSPS) is 20.4. The van der Waals surface area contributed by atoms with Gasteiger partial charge in [0.1, 0.15) is 6.23 Å². The van der Waals surface area contributed by atoms with Crippen LogP contribution < -0.4 is 10.2 Å². The van der Waals surface area contributed by atoms with E-state index in [-0.39, 0.29) is 18.0 Å². The number of ether oxygens (including phenoxy) is 1. The van der Waals surface area contributed by atoms with Gasteiger partial charge in [0.05, 0.1) is 11.0 Å². The highest BCUT2D eigenvalue weighted by atomic mass is 16.6. The Kier molecular flexibility index (Phi) is 4.27. The van der Waals surface area contributed by atoms with Crippen LogP contribution >= 0.6 is 0 Å². The van der Waals surface area contributed by atoms with Crippen molar-refractivity contribution in [2.45, 2.75) is 12.3 Å². The molecular formula is C17H19N3O3. The Hall–Kier alpha value is -2.44. The van der Waals surface area contributed by atoms with Crippen LogP contribution in [0, 0.1) is 10.1 Å². The van der Waals surface area contributed by atoms with Crippen LogP contribution in [-0.4, -0.2) is 25.6 Å². The van der Waals surface area contributed by atoms with Crippen molar-refractivity contribution in [1.82, 2.24) is 5.32 Å². The summed E-state index contributed by atoms with van der Waals surface area (Å²) >= 11 is 0. The third-order valence-electron chi connectivity index (χ3n) is 3.98. The number of nitrogens with zero attached hydrogens (tertiary/aromatic N) is 2. The van der Waals surface area contributed by atoms with Gasteiger partial charge in [-0.15, -0.1) is 0 Å². The van der Waals surface area contributed by atoms with Crippen LogP contribution in [-0.2, 0) is 4.74 Å². The summed E-state index contributed by atoms with van der Waals surface area (Å²) in [6, 6.07) is 14.7. The predicted octanol–water partition coefficient (Wildman–Crippen LogP) is 3.02. The number of benzene rings is 2. The first-order chi connectivity index (χ1) is 11.0. The van der Waals surface area contributed by atoms with Crippen LogP contribution in [0.5, 0.6) is 0 Å². The molecule has 6 nitrogen and oxygen atoms in total. The number of nitro groups is 1. The summed E-state index contributed by atoms with van der Waals surface area (Å²) in [7, 11) is 4.01. The molecule has 120 valence electrons. The summed E-state index contributed by atoms with van der Waals surface area (Å²) in [6.07, 6.45) is -0.263. The van der Waals surface area contributed by atoms with E-state index in [1.807, 2.05) is 31.1 Å². The van der Waals surface area contributed by atoms with Gasteiger partial charge in [-0.05, 0) is 35.4 Å². The third kappa shape index (κ3) is 3.33. The lowest BCUT2D eigenvalue weighted by Gasteiger charge is -2.16. The fourth-order valence-electron chi connectivity index (χ4n) is 2.63. The summed E-state index contributed by atoms with van der Waals surface area (Å²) in [5, 5.41) is 14.0. The summed E-state index contributed by atoms with van der Waals surface area (Å²) in [4.78, 5) is 12.4. The Labute approximate surface area is 134 Å². The third-order valence-corrected chi connectivity index (χ3v) is 3.98. The minimum Gasteiger partial charge on any atom is -0.378 e. The minimum atomic E-state index is -0.396. The van der Waals surface area contributed by atoms with E-state index < -0.39 is 4.92 Å². The van der Waals surface area contributed by atoms with Crippen molar-refractivity contribution in [3.05, 3.63) is 69.8 Å². The highest BCUT2D eigenvalue weighted by Crippen LogP contribution is 2.31. The van der Waals surface area contributed by atoms with Gasteiger partial charge in [-0.25, -0.2) is 0 Å². The molecule has 0 saturated carbocycles. The Bertz CT molecular complexity index is 683. The number of rotatable bonds is 4. The van der Waals surface area contributed by atoms with Crippen molar-refractivity contribution in [3.8, 4) is 0 Å². The quantitative estimate of drug-likeness (QED) is 0.694. The molecule has 1 aliphatic heterocycles. The second kappa shape index (κ2) is 6.36. The molecule has 1 N–H and O–H groups in total. The van der Waals surface area contributed by atoms with E-state index >= 15 is 0 Å². The molecule has 0 aliphatic carbocycles. The van der Waals surface area contributed by atoms with Crippen LogP contribution in [0.25, 0.3) is 0 Å². The molecule has 2 aromatic carbocycles. The fraction of sp³-hybridized carbons (Fsp3) is 0.294. The maximum absolute atomic E-state index is 10.7. The largest absolute Gasteiger partial charge is 0.378 e. The molecule has 0 aromatic heterocycles. The summed E-state index contributed by atoms with van der Waals surface area (Å²) in [6.45, 7) is 0.678. The summed E-state index contributed by atoms with van der Waals surface area (Å²) in [5.74, 6) is 0. The monoisotopic (exact) mass is 313 g/mol. The smallest absolute Gasteiger partial charge is 0.269 e. The van der Waals surface area contributed by atoms with Crippen molar-refractivity contribution in [2.75, 3.05) is 25.5 Å². The number of non-ortho nitro benzene ring substituents is 1. The van der Waals surface area contributed by atoms with Crippen molar-refractivity contribution in [1.29, 1.82) is 0 Å². The zero-order chi connectivity index (χ0) is 16.4. The molecule has 1 heterocycles. The molecule has 2 aromatic rings. The zero-order valence-corrected chi connectivity index (χ0v) is 13.1. The van der Waals surface area contributed by atoms with Crippen molar-refractivity contribution >= 4 is 11.4 Å². The van der Waals surface area contributed by atoms with Crippen molar-refractivity contribution in [3.63, 3.8) is 0 Å². The van der Waals surface area contributed by atoms with Crippen LogP contribution in [0.3, 0.4) is 0 Å². The summed E-state index contributed by atoms with van der Waals surface area (Å²) < 4.78 is 6.04. The number of nitrogens with one attached hydrogen (secondary N) is 1. The molecule has 23 heavy (non-hydrogen) atoms. The first kappa shape index (κ1) is 15.5. The number of hydrogen-bond donors (Lipinski definition) is 1. The SMILES string of the molecule is CN(C)c1ccc([C@H]2NC[C@H](c3ccc([N+](=O)[O-])cc3)O2)cc1. The maximum Gasteiger partial charge on any atom is 0.269 e. The number of anilines is 1. The average Bonchev–Trinajstić information content (AvgIpc) is 3.05. The van der Waals surface area contributed by atoms with Crippen LogP contribution in [0.4, 0.5) is 11.4 Å². The predicted molar refractivity (Wildman–Crippen MR) is 88.4 cm³/mol. The van der Waals surface area contributed by atoms with E-state index in [0.29, 0.717) is 6.54 Å². The van der Waals surface area contributed by atoms with E-state index in [9.17, 15) is 10.1 Å². The molecule has 0 amide bonds. The van der Waals surface area contributed by atoms with Crippen molar-refractivity contribution in [2.24, 2.45) is 0 Å². The van der Waals surface area contributed by atoms with Crippen LogP contribution in [0.15, 0.2) is 48.5 Å². The molecule has 0 radical (unpaired) electrons. The lowest BCUT2D eigenvalue weighted by molar-refractivity contribution is -0.384. The maximum atomic E-state index is 10.7. The zero-order valence-electron chi connectivity index (χ0n) is 13.1. The lowest BCUT2D eigenvalue weighted by atomic mass is 10.1. The Balaban J connectivity index is 1.69. The molecular weight excluding hydrogens is 294 g/mol. The number of hydrogen-bond acceptors (Lipinski definition) is 5. The van der Waals surface area contributed by atoms with Gasteiger partial charge < -0.3 is 9.64 Å². The van der Waals surface area contributed by atoms with Crippen LogP contribution in [0.1, 0.15) is 23.5 Å². The van der Waals surface area contributed by atoms with Crippen LogP contribution in [0.2, 0.25) is 0 Å². The van der Waals surface area contributed by atoms with E-state index in [0.717, 1.165) is 16.8 Å². The van der Waals surface area contributed by atoms with Gasteiger partial charge in [-0.3, -0.25) is 15.4 Å². The fourth-order valence-corrected chi connectivity index (χ4v) is 2.63. The molecule has 6 heteroatoms. The molecule has 0 bridgehead atoms. The summed E-state index contributed by atoms with van der Waals surface area (Å²) in [5.41, 5.74) is 3.24. The molecule has 0 spiro atoms. The second-order valence-corrected chi connectivity index (χ2v) is 5.75. The van der Waals surface area contributed by atoms with Gasteiger partial charge >= 0.3 is 0 Å². The van der Waals surface area contributed by atoms with Gasteiger partial charge in [0.15, 0.2) is 0 Å². The topological polar surface area (TPSA) is 67.6 Å². The van der Waals surface area contributed by atoms with Gasteiger partial charge in [-0.2, -0.15) is 0 Å². The highest BCUT2D eigenvalue weighted by Gasteiger charge is 2.27. The number of nitro benzene ring substituents is 1. The van der Waals surface area contributed by atoms with E-state index in [2.05, 4.69) is 17.4 Å². The van der Waals surface area contributed by atoms with E-state index in [4.69, 9.17) is 4.74 Å². The molecule has 3 rings (SSSR count). The average molecular weight is 313 g/mol. The first-order valence-corrected chi connectivity index (χ1v) is 7.45. The Morgan fingerprint density at radius 1 is 1.09 bits per heavy atom. The molecule has 1 saturated heterocycles. The molecule has 0 unspecified atom stereocenters. The van der Waals surface area contributed by atoms with Gasteiger partial charge in [0, 0.05) is 38.5 Å². The molecule has 2 atom stereocenters. The van der Waals surface area contributed by atoms with E-state index in [1.165, 1.54) is 12.1 Å². The second-order valence-electron chi connectivity index (χ2n) is 5.75. The molecule has 1 fully saturated rings. The lowest BCUT2D eigenvalue weighted by Crippen LogP contribution is -2.14. The standard InChI is InChI=1S/C17H19N3O3/c1-19(2)14-7-5-13(6-8-14)17-18-11-16(23-17)12-3-9-15(10-4-12)20(21)22/h3-10,16-18H,11H2,1-2H3/t16-,17+/m1/s1. The molecule has 1 aliphatic rings. The van der Waals surface area contributed by atoms with Gasteiger partial charge in [0.2, 0.25) is 0 Å². The minimum absolute atomic E-state index is 0.0931.